The SMILES string of the molecule is COc1cccc(N2CCN([C@H](C)C(=O)NC3CCCCC3)CC2)c1. The van der Waals surface area contributed by atoms with E-state index in [1.165, 1.54) is 24.9 Å². The van der Waals surface area contributed by atoms with Crippen LogP contribution in [0.15, 0.2) is 24.3 Å². The summed E-state index contributed by atoms with van der Waals surface area (Å²) in [6.45, 7) is 5.74. The van der Waals surface area contributed by atoms with E-state index in [4.69, 9.17) is 4.74 Å². The molecule has 1 N–H and O–H groups in total. The number of rotatable bonds is 5. The van der Waals surface area contributed by atoms with Gasteiger partial charge in [0.1, 0.15) is 5.75 Å². The lowest BCUT2D eigenvalue weighted by Crippen LogP contribution is -2.55. The second-order valence-corrected chi connectivity index (χ2v) is 7.24. The maximum atomic E-state index is 12.6. The first-order chi connectivity index (χ1) is 12.2. The van der Waals surface area contributed by atoms with E-state index in [2.05, 4.69) is 27.2 Å². The Kier molecular flexibility index (Phi) is 6.19. The largest absolute Gasteiger partial charge is 0.497 e. The van der Waals surface area contributed by atoms with Crippen LogP contribution in [0.2, 0.25) is 0 Å². The highest BCUT2D eigenvalue weighted by molar-refractivity contribution is 5.81. The number of ether oxygens (including phenoxy) is 1. The monoisotopic (exact) mass is 345 g/mol. The molecule has 1 aromatic rings. The lowest BCUT2D eigenvalue weighted by Gasteiger charge is -2.39. The van der Waals surface area contributed by atoms with Crippen LogP contribution >= 0.6 is 0 Å². The maximum Gasteiger partial charge on any atom is 0.237 e. The molecular formula is C20H31N3O2. The van der Waals surface area contributed by atoms with Crippen LogP contribution in [0.1, 0.15) is 39.0 Å². The zero-order valence-corrected chi connectivity index (χ0v) is 15.5. The van der Waals surface area contributed by atoms with E-state index in [-0.39, 0.29) is 11.9 Å². The predicted molar refractivity (Wildman–Crippen MR) is 101 cm³/mol. The van der Waals surface area contributed by atoms with Gasteiger partial charge in [-0.2, -0.15) is 0 Å². The van der Waals surface area contributed by atoms with Crippen LogP contribution < -0.4 is 15.0 Å². The van der Waals surface area contributed by atoms with Crippen molar-refractivity contribution in [3.05, 3.63) is 24.3 Å². The Morgan fingerprint density at radius 1 is 1.16 bits per heavy atom. The van der Waals surface area contributed by atoms with Crippen LogP contribution in [0.5, 0.6) is 5.75 Å². The number of carbonyl (C=O) groups excluding carboxylic acids is 1. The molecule has 5 heteroatoms. The van der Waals surface area contributed by atoms with E-state index in [0.29, 0.717) is 6.04 Å². The van der Waals surface area contributed by atoms with Crippen molar-refractivity contribution in [2.45, 2.75) is 51.1 Å². The third-order valence-electron chi connectivity index (χ3n) is 5.61. The van der Waals surface area contributed by atoms with E-state index in [9.17, 15) is 4.79 Å². The molecule has 0 bridgehead atoms. The van der Waals surface area contributed by atoms with Crippen molar-refractivity contribution < 1.29 is 9.53 Å². The van der Waals surface area contributed by atoms with E-state index < -0.39 is 0 Å². The number of anilines is 1. The quantitative estimate of drug-likeness (QED) is 0.891. The van der Waals surface area contributed by atoms with Crippen molar-refractivity contribution in [3.8, 4) is 5.75 Å². The minimum atomic E-state index is -0.0469. The highest BCUT2D eigenvalue weighted by Gasteiger charge is 2.27. The van der Waals surface area contributed by atoms with Gasteiger partial charge in [0.05, 0.1) is 13.2 Å². The summed E-state index contributed by atoms with van der Waals surface area (Å²) < 4.78 is 5.32. The van der Waals surface area contributed by atoms with E-state index >= 15 is 0 Å². The summed E-state index contributed by atoms with van der Waals surface area (Å²) in [5.74, 6) is 1.09. The van der Waals surface area contributed by atoms with E-state index in [1.54, 1.807) is 7.11 Å². The van der Waals surface area contributed by atoms with Gasteiger partial charge in [-0.25, -0.2) is 0 Å². The standard InChI is InChI=1S/C20H31N3O2/c1-16(20(24)21-17-7-4-3-5-8-17)22-11-13-23(14-12-22)18-9-6-10-19(15-18)25-2/h6,9-10,15-17H,3-5,7-8,11-14H2,1-2H3,(H,21,24)/t16-/m1/s1. The van der Waals surface area contributed by atoms with Crippen LogP contribution in [-0.4, -0.2) is 56.2 Å². The molecule has 25 heavy (non-hydrogen) atoms. The molecule has 1 saturated carbocycles. The Morgan fingerprint density at radius 2 is 1.88 bits per heavy atom. The second kappa shape index (κ2) is 8.56. The fourth-order valence-electron chi connectivity index (χ4n) is 3.91. The Labute approximate surface area is 151 Å². The first kappa shape index (κ1) is 18.1. The van der Waals surface area contributed by atoms with Gasteiger partial charge < -0.3 is 15.0 Å². The Morgan fingerprint density at radius 3 is 2.56 bits per heavy atom. The molecule has 2 fully saturated rings. The van der Waals surface area contributed by atoms with Gasteiger partial charge in [-0.05, 0) is 31.9 Å². The molecule has 5 nitrogen and oxygen atoms in total. The predicted octanol–water partition coefficient (Wildman–Crippen LogP) is 2.65. The number of piperazine rings is 1. The molecule has 0 unspecified atom stereocenters. The molecular weight excluding hydrogens is 314 g/mol. The molecule has 1 atom stereocenters. The lowest BCUT2D eigenvalue weighted by molar-refractivity contribution is -0.127. The van der Waals surface area contributed by atoms with Crippen LogP contribution in [-0.2, 0) is 4.79 Å². The fourth-order valence-corrected chi connectivity index (χ4v) is 3.91. The van der Waals surface area contributed by atoms with Crippen LogP contribution in [0.4, 0.5) is 5.69 Å². The zero-order chi connectivity index (χ0) is 17.6. The molecule has 0 spiro atoms. The van der Waals surface area contributed by atoms with Gasteiger partial charge in [0.15, 0.2) is 0 Å². The van der Waals surface area contributed by atoms with Crippen molar-refractivity contribution >= 4 is 11.6 Å². The number of amides is 1. The van der Waals surface area contributed by atoms with Gasteiger partial charge in [0, 0.05) is 44.0 Å². The Hall–Kier alpha value is -1.75. The molecule has 2 aliphatic rings. The molecule has 138 valence electrons. The third-order valence-corrected chi connectivity index (χ3v) is 5.61. The minimum Gasteiger partial charge on any atom is -0.497 e. The molecule has 1 aliphatic heterocycles. The molecule has 1 amide bonds. The van der Waals surface area contributed by atoms with Gasteiger partial charge in [-0.15, -0.1) is 0 Å². The summed E-state index contributed by atoms with van der Waals surface area (Å²) in [6, 6.07) is 8.54. The maximum absolute atomic E-state index is 12.6. The summed E-state index contributed by atoms with van der Waals surface area (Å²) in [7, 11) is 1.70. The second-order valence-electron chi connectivity index (χ2n) is 7.24. The van der Waals surface area contributed by atoms with Crippen LogP contribution in [0.3, 0.4) is 0 Å². The molecule has 0 radical (unpaired) electrons. The lowest BCUT2D eigenvalue weighted by atomic mass is 9.95. The third kappa shape index (κ3) is 4.66. The smallest absolute Gasteiger partial charge is 0.237 e. The van der Waals surface area contributed by atoms with Gasteiger partial charge >= 0.3 is 0 Å². The number of benzene rings is 1. The van der Waals surface area contributed by atoms with E-state index in [0.717, 1.165) is 44.8 Å². The van der Waals surface area contributed by atoms with Gasteiger partial charge in [0.25, 0.3) is 0 Å². The van der Waals surface area contributed by atoms with Crippen molar-refractivity contribution in [2.24, 2.45) is 0 Å². The zero-order valence-electron chi connectivity index (χ0n) is 15.5. The van der Waals surface area contributed by atoms with Gasteiger partial charge in [0.2, 0.25) is 5.91 Å². The molecule has 1 aromatic carbocycles. The van der Waals surface area contributed by atoms with E-state index in [1.807, 2.05) is 19.1 Å². The highest BCUT2D eigenvalue weighted by atomic mass is 16.5. The van der Waals surface area contributed by atoms with Crippen LogP contribution in [0, 0.1) is 0 Å². The van der Waals surface area contributed by atoms with Gasteiger partial charge in [-0.1, -0.05) is 25.3 Å². The van der Waals surface area contributed by atoms with Crippen LogP contribution in [0.25, 0.3) is 0 Å². The summed E-state index contributed by atoms with van der Waals surface area (Å²) in [5.41, 5.74) is 1.19. The average molecular weight is 345 g/mol. The number of hydrogen-bond acceptors (Lipinski definition) is 4. The number of nitrogens with one attached hydrogen (secondary N) is 1. The Balaban J connectivity index is 1.49. The fraction of sp³-hybridized carbons (Fsp3) is 0.650. The molecule has 0 aromatic heterocycles. The topological polar surface area (TPSA) is 44.8 Å². The van der Waals surface area contributed by atoms with Gasteiger partial charge in [-0.3, -0.25) is 9.69 Å². The van der Waals surface area contributed by atoms with Crippen molar-refractivity contribution in [1.82, 2.24) is 10.2 Å². The number of carbonyl (C=O) groups is 1. The Bertz CT molecular complexity index is 564. The van der Waals surface area contributed by atoms with Crippen molar-refractivity contribution in [1.29, 1.82) is 0 Å². The number of methoxy groups -OCH3 is 1. The number of hydrogen-bond donors (Lipinski definition) is 1. The first-order valence-corrected chi connectivity index (χ1v) is 9.61. The molecule has 1 heterocycles. The number of nitrogens with zero attached hydrogens (tertiary/aromatic N) is 2. The summed E-state index contributed by atoms with van der Waals surface area (Å²) in [5, 5.41) is 3.26. The molecule has 1 saturated heterocycles. The average Bonchev–Trinajstić information content (AvgIpc) is 2.68. The first-order valence-electron chi connectivity index (χ1n) is 9.61. The molecule has 3 rings (SSSR count). The van der Waals surface area contributed by atoms with Crippen molar-refractivity contribution in [3.63, 3.8) is 0 Å². The minimum absolute atomic E-state index is 0.0469. The summed E-state index contributed by atoms with van der Waals surface area (Å²) in [4.78, 5) is 17.2. The van der Waals surface area contributed by atoms with Crippen molar-refractivity contribution in [2.75, 3.05) is 38.2 Å². The summed E-state index contributed by atoms with van der Waals surface area (Å²) in [6.07, 6.45) is 6.09. The summed E-state index contributed by atoms with van der Waals surface area (Å²) >= 11 is 0. The highest BCUT2D eigenvalue weighted by Crippen LogP contribution is 2.23. The molecule has 1 aliphatic carbocycles. The normalized spacial score (nSPS) is 21.0.